The molecule has 4 N–H and O–H groups in total. The highest BCUT2D eigenvalue weighted by molar-refractivity contribution is 6.78. The van der Waals surface area contributed by atoms with E-state index in [2.05, 4.69) is 106 Å². The molecule has 2 aromatic rings. The lowest BCUT2D eigenvalue weighted by Gasteiger charge is -2.47. The summed E-state index contributed by atoms with van der Waals surface area (Å²) in [5, 5.41) is 25.6. The van der Waals surface area contributed by atoms with Crippen LogP contribution in [0.1, 0.15) is 150 Å². The molecule has 1 aliphatic rings. The zero-order valence-corrected chi connectivity index (χ0v) is 51.5. The van der Waals surface area contributed by atoms with E-state index in [4.69, 9.17) is 32.5 Å². The van der Waals surface area contributed by atoms with Gasteiger partial charge in [0.25, 0.3) is 0 Å². The van der Waals surface area contributed by atoms with Crippen molar-refractivity contribution in [1.82, 2.24) is 10.6 Å². The highest BCUT2D eigenvalue weighted by atomic mass is 28.4. The third kappa shape index (κ3) is 21.1. The number of benzene rings is 2. The van der Waals surface area contributed by atoms with Crippen molar-refractivity contribution in [3.8, 4) is 0 Å². The predicted molar refractivity (Wildman–Crippen MR) is 302 cm³/mol. The first kappa shape index (κ1) is 67.3. The number of esters is 1. The van der Waals surface area contributed by atoms with Crippen LogP contribution in [0.25, 0.3) is 0 Å². The van der Waals surface area contributed by atoms with Crippen molar-refractivity contribution in [1.29, 1.82) is 0 Å². The largest absolute Gasteiger partial charge is 0.480 e. The number of amides is 2. The number of carbonyl (C=O) groups is 4. The van der Waals surface area contributed by atoms with Gasteiger partial charge in [-0.2, -0.15) is 0 Å². The summed E-state index contributed by atoms with van der Waals surface area (Å²) in [7, 11) is -4.64. The third-order valence-electron chi connectivity index (χ3n) is 14.1. The van der Waals surface area contributed by atoms with E-state index < -0.39 is 82.4 Å². The van der Waals surface area contributed by atoms with Gasteiger partial charge in [0.05, 0.1) is 44.7 Å². The molecule has 2 aromatic carbocycles. The minimum absolute atomic E-state index is 0.00389. The zero-order valence-electron chi connectivity index (χ0n) is 49.5. The highest BCUT2D eigenvalue weighted by Crippen LogP contribution is 2.46. The first-order valence-electron chi connectivity index (χ1n) is 27.4. The smallest absolute Gasteiger partial charge is 0.408 e. The number of alkyl carbamates (subject to hydrolysis) is 2. The van der Waals surface area contributed by atoms with Gasteiger partial charge in [-0.3, -0.25) is 0 Å². The van der Waals surface area contributed by atoms with Gasteiger partial charge in [0.1, 0.15) is 17.3 Å². The van der Waals surface area contributed by atoms with Crippen LogP contribution < -0.4 is 10.6 Å². The second-order valence-electron chi connectivity index (χ2n) is 24.4. The number of aliphatic hydroxyl groups excluding tert-OH is 1. The highest BCUT2D eigenvalue weighted by Gasteiger charge is 2.51. The minimum Gasteiger partial charge on any atom is -0.480 e. The van der Waals surface area contributed by atoms with Crippen molar-refractivity contribution in [2.75, 3.05) is 26.4 Å². The number of cyclic esters (lactones) is 1. The molecule has 3 rings (SSSR count). The molecular weight excluding hydrogens is 989 g/mol. The Labute approximate surface area is 453 Å². The zero-order chi connectivity index (χ0) is 57.2. The van der Waals surface area contributed by atoms with Gasteiger partial charge in [-0.25, -0.2) is 19.2 Å². The molecule has 2 amide bonds. The van der Waals surface area contributed by atoms with Crippen LogP contribution in [0.3, 0.4) is 0 Å². The van der Waals surface area contributed by atoms with Crippen molar-refractivity contribution in [3.63, 3.8) is 0 Å². The van der Waals surface area contributed by atoms with Crippen LogP contribution in [0.15, 0.2) is 60.7 Å². The van der Waals surface area contributed by atoms with Crippen LogP contribution in [-0.2, 0) is 55.0 Å². The van der Waals surface area contributed by atoms with Gasteiger partial charge < -0.3 is 53.4 Å². The molecule has 0 aromatic heterocycles. The second kappa shape index (κ2) is 30.3. The van der Waals surface area contributed by atoms with E-state index in [0.29, 0.717) is 46.3 Å². The van der Waals surface area contributed by atoms with Crippen molar-refractivity contribution < 1.29 is 61.9 Å². The molecule has 0 saturated carbocycles. The van der Waals surface area contributed by atoms with Crippen molar-refractivity contribution in [2.24, 2.45) is 11.8 Å². The van der Waals surface area contributed by atoms with Gasteiger partial charge in [-0.15, -0.1) is 0 Å². The molecular formula is C58H100N2O13Si2. The van der Waals surface area contributed by atoms with Gasteiger partial charge in [-0.05, 0) is 113 Å². The minimum atomic E-state index is -2.34. The fourth-order valence-corrected chi connectivity index (χ4v) is 22.4. The summed E-state index contributed by atoms with van der Waals surface area (Å²) in [6.45, 7) is 41.1. The average molecular weight is 1090 g/mol. The maximum atomic E-state index is 13.2. The molecule has 1 saturated heterocycles. The lowest BCUT2D eigenvalue weighted by atomic mass is 9.92. The summed E-state index contributed by atoms with van der Waals surface area (Å²) in [6.07, 6.45) is -2.30. The molecule has 75 heavy (non-hydrogen) atoms. The Morgan fingerprint density at radius 2 is 1.15 bits per heavy atom. The van der Waals surface area contributed by atoms with Gasteiger partial charge in [0.2, 0.25) is 16.6 Å². The lowest BCUT2D eigenvalue weighted by molar-refractivity contribution is -0.156. The first-order valence-corrected chi connectivity index (χ1v) is 31.7. The van der Waals surface area contributed by atoms with E-state index >= 15 is 0 Å². The Bertz CT molecular complexity index is 1960. The van der Waals surface area contributed by atoms with Gasteiger partial charge >= 0.3 is 24.1 Å². The number of carboxylic acids is 1. The van der Waals surface area contributed by atoms with E-state index in [1.165, 1.54) is 5.56 Å². The number of aliphatic carboxylic acids is 1. The molecule has 1 heterocycles. The summed E-state index contributed by atoms with van der Waals surface area (Å²) in [6, 6.07) is 18.0. The van der Waals surface area contributed by atoms with Crippen molar-refractivity contribution in [2.45, 2.75) is 232 Å². The Morgan fingerprint density at radius 3 is 1.59 bits per heavy atom. The van der Waals surface area contributed by atoms with Gasteiger partial charge in [-0.1, -0.05) is 144 Å². The fraction of sp³-hybridized carbons (Fsp3) is 0.724. The molecule has 0 radical (unpaired) electrons. The number of rotatable bonds is 23. The normalized spacial score (nSPS) is 19.8. The number of aliphatic hydroxyl groups is 1. The molecule has 0 unspecified atom stereocenters. The molecule has 1 fully saturated rings. The molecule has 0 bridgehead atoms. The number of ether oxygens (including phenoxy) is 5. The molecule has 0 spiro atoms. The molecule has 15 nitrogen and oxygen atoms in total. The maximum absolute atomic E-state index is 13.2. The van der Waals surface area contributed by atoms with Gasteiger partial charge in [0, 0.05) is 11.8 Å². The third-order valence-corrected chi connectivity index (χ3v) is 26.3. The number of nitrogens with one attached hydrogen (secondary N) is 2. The Balaban J connectivity index is 0.000000514. The number of carboxylic acid groups (broad SMARTS) is 1. The summed E-state index contributed by atoms with van der Waals surface area (Å²) in [5.41, 5.74) is 2.94. The van der Waals surface area contributed by atoms with E-state index in [1.807, 2.05) is 55.5 Å². The van der Waals surface area contributed by atoms with Crippen LogP contribution >= 0.6 is 0 Å². The van der Waals surface area contributed by atoms with E-state index in [9.17, 15) is 29.4 Å². The predicted octanol–water partition coefficient (Wildman–Crippen LogP) is 12.0. The number of hydrogen-bond acceptors (Lipinski definition) is 12. The standard InChI is InChI=1S/C29H51NO7Si.C29H49NO6Si/c1-19(2)38(20(3)4,21(5)6)37-26(22(7)31)24(16-23-14-12-11-13-15-23)17-35-18-25(27(32)33)30-28(34)36-29(8,9)10;1-19(2)37(20(3)4,21(5)6)36-26-22(7)34-27(31)25(30-28(32)35-29(8,9)10)18-33-17-24(26)16-23-14-12-11-13-15-23/h11-15,19-22,24-26,31H,16-18H2,1-10H3,(H,30,34)(H,32,33);11-15,19-22,24-26H,16-18H2,1-10H3,(H,30,32)/t2*22-,24-,25-,26-/m00/s1. The monoisotopic (exact) mass is 1090 g/mol. The van der Waals surface area contributed by atoms with E-state index in [0.717, 1.165) is 12.0 Å². The molecule has 8 atom stereocenters. The molecule has 0 aliphatic carbocycles. The van der Waals surface area contributed by atoms with Crippen LogP contribution in [0, 0.1) is 11.8 Å². The Hall–Kier alpha value is -3.85. The maximum Gasteiger partial charge on any atom is 0.408 e. The molecule has 17 heteroatoms. The summed E-state index contributed by atoms with van der Waals surface area (Å²) in [4.78, 5) is 49.6. The number of carbonyl (C=O) groups excluding carboxylic acids is 3. The lowest BCUT2D eigenvalue weighted by Crippen LogP contribution is -2.55. The SMILES string of the molecule is CC(C)[Si](O[C@@H]1[C@@H](Cc2ccccc2)COC[C@H](NC(=O)OC(C)(C)C)C(=O)O[C@H]1C)(C(C)C)C(C)C.CC(C)[Si](O[C@H]([C@H](COC[C@H](NC(=O)OC(C)(C)C)C(=O)O)Cc1ccccc1)[C@H](C)O)(C(C)C)C(C)C. The van der Waals surface area contributed by atoms with E-state index in [1.54, 1.807) is 48.5 Å². The van der Waals surface area contributed by atoms with Crippen LogP contribution in [0.2, 0.25) is 33.2 Å². The first-order chi connectivity index (χ1) is 34.7. The number of hydrogen-bond donors (Lipinski definition) is 4. The summed E-state index contributed by atoms with van der Waals surface area (Å²) < 4.78 is 42.9. The Morgan fingerprint density at radius 1 is 0.680 bits per heavy atom. The topological polar surface area (TPSA) is 197 Å². The second-order valence-corrected chi connectivity index (χ2v) is 35.2. The van der Waals surface area contributed by atoms with Crippen LogP contribution in [0.4, 0.5) is 9.59 Å². The Kier molecular flexibility index (Phi) is 27.2. The van der Waals surface area contributed by atoms with E-state index in [-0.39, 0.29) is 37.8 Å². The summed E-state index contributed by atoms with van der Waals surface area (Å²) in [5.74, 6) is -2.03. The molecule has 428 valence electrons. The van der Waals surface area contributed by atoms with Crippen molar-refractivity contribution in [3.05, 3.63) is 71.8 Å². The fourth-order valence-electron chi connectivity index (χ4n) is 11.1. The van der Waals surface area contributed by atoms with Crippen molar-refractivity contribution >= 4 is 40.8 Å². The average Bonchev–Trinajstić information content (AvgIpc) is 3.31. The molecule has 1 aliphatic heterocycles. The van der Waals surface area contributed by atoms with Crippen LogP contribution in [0.5, 0.6) is 0 Å². The quantitative estimate of drug-likeness (QED) is 0.0466. The van der Waals surface area contributed by atoms with Crippen LogP contribution in [-0.4, -0.2) is 125 Å². The summed E-state index contributed by atoms with van der Waals surface area (Å²) >= 11 is 0. The van der Waals surface area contributed by atoms with Gasteiger partial charge in [0.15, 0.2) is 12.1 Å².